The normalized spacial score (nSPS) is 16.8. The minimum absolute atomic E-state index is 0.0173. The van der Waals surface area contributed by atoms with Crippen molar-refractivity contribution in [1.82, 2.24) is 14.5 Å². The van der Waals surface area contributed by atoms with Crippen molar-refractivity contribution in [3.05, 3.63) is 51.9 Å². The Balaban J connectivity index is 1.27. The van der Waals surface area contributed by atoms with Crippen molar-refractivity contribution in [3.8, 4) is 0 Å². The van der Waals surface area contributed by atoms with Crippen molar-refractivity contribution in [2.75, 3.05) is 49.1 Å². The van der Waals surface area contributed by atoms with E-state index in [1.54, 1.807) is 16.7 Å². The van der Waals surface area contributed by atoms with Gasteiger partial charge < -0.3 is 14.7 Å². The number of hydrogen-bond acceptors (Lipinski definition) is 6. The number of halogens is 1. The van der Waals surface area contributed by atoms with Gasteiger partial charge in [-0.25, -0.2) is 9.37 Å². The van der Waals surface area contributed by atoms with Crippen LogP contribution in [0.3, 0.4) is 0 Å². The molecule has 1 aromatic carbocycles. The summed E-state index contributed by atoms with van der Waals surface area (Å²) in [5.74, 6) is 0.455. The summed E-state index contributed by atoms with van der Waals surface area (Å²) in [7, 11) is 0. The number of piperazine rings is 1. The Bertz CT molecular complexity index is 1180. The first kappa shape index (κ1) is 20.9. The maximum absolute atomic E-state index is 14.1. The molecule has 0 aliphatic carbocycles. The number of nitrogens with zero attached hydrogens (tertiary/aromatic N) is 5. The van der Waals surface area contributed by atoms with Gasteiger partial charge in [-0.2, -0.15) is 0 Å². The number of anilines is 2. The second-order valence-electron chi connectivity index (χ2n) is 8.27. The molecular formula is C23H26FN5O2S. The number of amides is 1. The monoisotopic (exact) mass is 455 g/mol. The molecule has 5 rings (SSSR count). The standard InChI is InChI=1S/C23H26FN5O2S/c24-17-5-1-2-6-19(17)26-12-14-27(15-13-26)20(30)7-11-29-22(31)21-18(8-16-32-21)25-23(29)28-9-3-4-10-28/h1-2,5-6,8,16H,3-4,7,9-15H2. The van der Waals surface area contributed by atoms with Crippen molar-refractivity contribution in [1.29, 1.82) is 0 Å². The van der Waals surface area contributed by atoms with E-state index in [-0.39, 0.29) is 23.7 Å². The highest BCUT2D eigenvalue weighted by Gasteiger charge is 2.24. The Hall–Kier alpha value is -2.94. The molecule has 3 aromatic rings. The van der Waals surface area contributed by atoms with Crippen LogP contribution in [0.15, 0.2) is 40.5 Å². The molecule has 0 unspecified atom stereocenters. The first-order valence-corrected chi connectivity index (χ1v) is 12.0. The number of carbonyl (C=O) groups excluding carboxylic acids is 1. The Labute approximate surface area is 189 Å². The predicted molar refractivity (Wildman–Crippen MR) is 125 cm³/mol. The summed E-state index contributed by atoms with van der Waals surface area (Å²) in [6, 6.07) is 8.61. The van der Waals surface area contributed by atoms with Gasteiger partial charge in [-0.15, -0.1) is 11.3 Å². The lowest BCUT2D eigenvalue weighted by molar-refractivity contribution is -0.131. The summed E-state index contributed by atoms with van der Waals surface area (Å²) in [4.78, 5) is 36.7. The second kappa shape index (κ2) is 8.90. The van der Waals surface area contributed by atoms with Crippen molar-refractivity contribution in [2.45, 2.75) is 25.8 Å². The minimum atomic E-state index is -0.238. The van der Waals surface area contributed by atoms with E-state index in [1.165, 1.54) is 17.4 Å². The highest BCUT2D eigenvalue weighted by Crippen LogP contribution is 2.23. The van der Waals surface area contributed by atoms with Gasteiger partial charge in [-0.1, -0.05) is 12.1 Å². The zero-order valence-corrected chi connectivity index (χ0v) is 18.7. The van der Waals surface area contributed by atoms with Crippen LogP contribution in [0, 0.1) is 5.82 Å². The zero-order chi connectivity index (χ0) is 22.1. The number of carbonyl (C=O) groups is 1. The molecule has 0 atom stereocenters. The van der Waals surface area contributed by atoms with Gasteiger partial charge >= 0.3 is 0 Å². The van der Waals surface area contributed by atoms with Crippen molar-refractivity contribution in [3.63, 3.8) is 0 Å². The molecule has 2 saturated heterocycles. The van der Waals surface area contributed by atoms with Gasteiger partial charge in [0.15, 0.2) is 0 Å². The molecule has 32 heavy (non-hydrogen) atoms. The average Bonchev–Trinajstić information content (AvgIpc) is 3.51. The molecule has 0 radical (unpaired) electrons. The van der Waals surface area contributed by atoms with Crippen LogP contribution in [0.25, 0.3) is 10.2 Å². The van der Waals surface area contributed by atoms with Gasteiger partial charge in [0, 0.05) is 52.2 Å². The number of aromatic nitrogens is 2. The number of rotatable bonds is 5. The minimum Gasteiger partial charge on any atom is -0.366 e. The summed E-state index contributed by atoms with van der Waals surface area (Å²) in [5, 5.41) is 1.89. The van der Waals surface area contributed by atoms with Crippen LogP contribution in [0.1, 0.15) is 19.3 Å². The summed E-state index contributed by atoms with van der Waals surface area (Å²) >= 11 is 1.40. The predicted octanol–water partition coefficient (Wildman–Crippen LogP) is 2.94. The SMILES string of the molecule is O=C(CCn1c(N2CCCC2)nc2ccsc2c1=O)N1CCN(c2ccccc2F)CC1. The van der Waals surface area contributed by atoms with E-state index in [0.717, 1.165) is 31.4 Å². The van der Waals surface area contributed by atoms with Crippen LogP contribution >= 0.6 is 11.3 Å². The molecule has 2 aliphatic rings. The van der Waals surface area contributed by atoms with E-state index in [0.29, 0.717) is 49.1 Å². The number of hydrogen-bond donors (Lipinski definition) is 0. The van der Waals surface area contributed by atoms with E-state index < -0.39 is 0 Å². The molecule has 7 nitrogen and oxygen atoms in total. The molecule has 4 heterocycles. The fourth-order valence-corrected chi connectivity index (χ4v) is 5.34. The number of thiophene rings is 1. The van der Waals surface area contributed by atoms with Gasteiger partial charge in [0.05, 0.1) is 11.2 Å². The molecule has 9 heteroatoms. The van der Waals surface area contributed by atoms with Crippen LogP contribution in [-0.4, -0.2) is 59.6 Å². The maximum Gasteiger partial charge on any atom is 0.272 e. The smallest absolute Gasteiger partial charge is 0.272 e. The third kappa shape index (κ3) is 3.97. The number of fused-ring (bicyclic) bond motifs is 1. The molecule has 2 fully saturated rings. The Kier molecular flexibility index (Phi) is 5.82. The van der Waals surface area contributed by atoms with E-state index in [4.69, 9.17) is 4.98 Å². The van der Waals surface area contributed by atoms with E-state index in [1.807, 2.05) is 27.3 Å². The summed E-state index contributed by atoms with van der Waals surface area (Å²) in [6.45, 7) is 4.36. The molecule has 0 spiro atoms. The van der Waals surface area contributed by atoms with E-state index >= 15 is 0 Å². The molecule has 0 bridgehead atoms. The Morgan fingerprint density at radius 2 is 1.75 bits per heavy atom. The van der Waals surface area contributed by atoms with Crippen LogP contribution < -0.4 is 15.4 Å². The fraction of sp³-hybridized carbons (Fsp3) is 0.435. The fourth-order valence-electron chi connectivity index (χ4n) is 4.56. The molecule has 168 valence electrons. The lowest BCUT2D eigenvalue weighted by Gasteiger charge is -2.36. The third-order valence-corrected chi connectivity index (χ3v) is 7.20. The van der Waals surface area contributed by atoms with Gasteiger partial charge in [-0.05, 0) is 36.4 Å². The second-order valence-corrected chi connectivity index (χ2v) is 9.18. The molecule has 2 aliphatic heterocycles. The van der Waals surface area contributed by atoms with Gasteiger partial charge in [0.2, 0.25) is 11.9 Å². The lowest BCUT2D eigenvalue weighted by Crippen LogP contribution is -2.49. The summed E-state index contributed by atoms with van der Waals surface area (Å²) < 4.78 is 16.4. The Morgan fingerprint density at radius 3 is 2.50 bits per heavy atom. The van der Waals surface area contributed by atoms with Crippen molar-refractivity contribution < 1.29 is 9.18 Å². The first-order valence-electron chi connectivity index (χ1n) is 11.1. The average molecular weight is 456 g/mol. The van der Waals surface area contributed by atoms with E-state index in [2.05, 4.69) is 4.90 Å². The first-order chi connectivity index (χ1) is 15.6. The quantitative estimate of drug-likeness (QED) is 0.592. The third-order valence-electron chi connectivity index (χ3n) is 6.31. The molecule has 0 N–H and O–H groups in total. The number of para-hydroxylation sites is 1. The van der Waals surface area contributed by atoms with Crippen LogP contribution in [0.2, 0.25) is 0 Å². The summed E-state index contributed by atoms with van der Waals surface area (Å²) in [6.07, 6.45) is 2.42. The zero-order valence-electron chi connectivity index (χ0n) is 17.9. The van der Waals surface area contributed by atoms with Crippen molar-refractivity contribution in [2.24, 2.45) is 0 Å². The highest BCUT2D eigenvalue weighted by molar-refractivity contribution is 7.17. The largest absolute Gasteiger partial charge is 0.366 e. The molecule has 1 amide bonds. The topological polar surface area (TPSA) is 61.7 Å². The maximum atomic E-state index is 14.1. The molecule has 0 saturated carbocycles. The highest BCUT2D eigenvalue weighted by atomic mass is 32.1. The van der Waals surface area contributed by atoms with Gasteiger partial charge in [0.1, 0.15) is 10.5 Å². The van der Waals surface area contributed by atoms with Gasteiger partial charge in [-0.3, -0.25) is 14.2 Å². The van der Waals surface area contributed by atoms with E-state index in [9.17, 15) is 14.0 Å². The van der Waals surface area contributed by atoms with Crippen molar-refractivity contribution >= 4 is 39.1 Å². The molecular weight excluding hydrogens is 429 g/mol. The van der Waals surface area contributed by atoms with Crippen LogP contribution in [0.4, 0.5) is 16.0 Å². The van der Waals surface area contributed by atoms with Crippen LogP contribution in [0.5, 0.6) is 0 Å². The lowest BCUT2D eigenvalue weighted by atomic mass is 10.2. The summed E-state index contributed by atoms with van der Waals surface area (Å²) in [5.41, 5.74) is 1.24. The van der Waals surface area contributed by atoms with Crippen LogP contribution in [-0.2, 0) is 11.3 Å². The van der Waals surface area contributed by atoms with Gasteiger partial charge in [0.25, 0.3) is 5.56 Å². The molecule has 2 aromatic heterocycles. The number of benzene rings is 1. The Morgan fingerprint density at radius 1 is 1.00 bits per heavy atom.